The number of aliphatic hydroxyl groups is 1. The summed E-state index contributed by atoms with van der Waals surface area (Å²) < 4.78 is 18.8. The Bertz CT molecular complexity index is 1100. The van der Waals surface area contributed by atoms with Gasteiger partial charge in [-0.25, -0.2) is 9.37 Å². The quantitative estimate of drug-likeness (QED) is 0.664. The number of furan rings is 1. The minimum Gasteiger partial charge on any atom is -0.503 e. The van der Waals surface area contributed by atoms with Gasteiger partial charge in [-0.05, 0) is 50.2 Å². The molecule has 0 saturated carbocycles. The van der Waals surface area contributed by atoms with Crippen molar-refractivity contribution < 1.29 is 23.5 Å². The maximum Gasteiger partial charge on any atom is 0.294 e. The van der Waals surface area contributed by atoms with Crippen LogP contribution in [0, 0.1) is 19.7 Å². The van der Waals surface area contributed by atoms with E-state index in [9.17, 15) is 19.1 Å². The monoisotopic (exact) mass is 398 g/mol. The van der Waals surface area contributed by atoms with E-state index >= 15 is 0 Å². The smallest absolute Gasteiger partial charge is 0.294 e. The lowest BCUT2D eigenvalue weighted by molar-refractivity contribution is -0.117. The number of hydrogen-bond donors (Lipinski definition) is 1. The molecule has 3 heterocycles. The van der Waals surface area contributed by atoms with Crippen molar-refractivity contribution in [2.75, 3.05) is 4.90 Å². The Hall–Kier alpha value is -3.26. The van der Waals surface area contributed by atoms with Crippen molar-refractivity contribution in [3.8, 4) is 0 Å². The van der Waals surface area contributed by atoms with E-state index in [1.165, 1.54) is 46.8 Å². The van der Waals surface area contributed by atoms with Crippen LogP contribution in [0.15, 0.2) is 58.4 Å². The molecule has 1 amide bonds. The Labute approximate surface area is 163 Å². The first-order valence-corrected chi connectivity index (χ1v) is 9.24. The summed E-state index contributed by atoms with van der Waals surface area (Å²) in [6.07, 6.45) is 1.42. The molecule has 0 radical (unpaired) electrons. The minimum atomic E-state index is -0.970. The lowest BCUT2D eigenvalue weighted by Crippen LogP contribution is -2.30. The summed E-state index contributed by atoms with van der Waals surface area (Å²) in [4.78, 5) is 31.9. The van der Waals surface area contributed by atoms with Crippen LogP contribution in [-0.4, -0.2) is 21.8 Å². The second-order valence-corrected chi connectivity index (χ2v) is 7.51. The molecule has 1 aliphatic rings. The van der Waals surface area contributed by atoms with E-state index in [-0.39, 0.29) is 5.57 Å². The summed E-state index contributed by atoms with van der Waals surface area (Å²) in [6, 6.07) is 7.50. The fourth-order valence-electron chi connectivity index (χ4n) is 3.29. The molecule has 8 heteroatoms. The number of rotatable bonds is 4. The van der Waals surface area contributed by atoms with E-state index in [4.69, 9.17) is 4.42 Å². The molecule has 3 aromatic rings. The lowest BCUT2D eigenvalue weighted by Gasteiger charge is -2.24. The zero-order chi connectivity index (χ0) is 20.0. The van der Waals surface area contributed by atoms with Crippen molar-refractivity contribution in [3.05, 3.63) is 81.1 Å². The van der Waals surface area contributed by atoms with E-state index in [1.54, 1.807) is 26.0 Å². The molecule has 6 nitrogen and oxygen atoms in total. The van der Waals surface area contributed by atoms with Crippen LogP contribution < -0.4 is 4.90 Å². The molecule has 1 unspecified atom stereocenters. The van der Waals surface area contributed by atoms with Crippen molar-refractivity contribution in [2.45, 2.75) is 19.9 Å². The van der Waals surface area contributed by atoms with Crippen LogP contribution in [0.4, 0.5) is 10.1 Å². The standard InChI is InChI=1S/C20H15FN2O4S/c1-10-19(28-11(2)22-10)17(24)15-16(14-4-3-9-27-14)23(20(26)18(15)25)13-7-5-12(21)6-8-13/h3-9,16,25H,1-2H3. The first-order chi connectivity index (χ1) is 13.4. The molecule has 0 aliphatic carbocycles. The van der Waals surface area contributed by atoms with Crippen molar-refractivity contribution in [3.63, 3.8) is 0 Å². The first kappa shape index (κ1) is 18.1. The molecule has 1 atom stereocenters. The SMILES string of the molecule is Cc1nc(C)c(C(=O)C2=C(O)C(=O)N(c3ccc(F)cc3)C2c2ccco2)s1. The first-order valence-electron chi connectivity index (χ1n) is 8.43. The Morgan fingerprint density at radius 1 is 1.25 bits per heavy atom. The van der Waals surface area contributed by atoms with Gasteiger partial charge in [0.1, 0.15) is 17.6 Å². The largest absolute Gasteiger partial charge is 0.503 e. The molecule has 0 spiro atoms. The van der Waals surface area contributed by atoms with Gasteiger partial charge in [0.05, 0.1) is 27.4 Å². The number of carbonyl (C=O) groups excluding carboxylic acids is 2. The fourth-order valence-corrected chi connectivity index (χ4v) is 4.16. The van der Waals surface area contributed by atoms with E-state index in [1.807, 2.05) is 0 Å². The molecule has 2 aromatic heterocycles. The highest BCUT2D eigenvalue weighted by atomic mass is 32.1. The molecule has 0 bridgehead atoms. The van der Waals surface area contributed by atoms with E-state index in [2.05, 4.69) is 4.98 Å². The van der Waals surface area contributed by atoms with Crippen LogP contribution >= 0.6 is 11.3 Å². The van der Waals surface area contributed by atoms with E-state index in [0.717, 1.165) is 0 Å². The van der Waals surface area contributed by atoms with Crippen molar-refractivity contribution in [1.29, 1.82) is 0 Å². The zero-order valence-corrected chi connectivity index (χ0v) is 15.8. The zero-order valence-electron chi connectivity index (χ0n) is 15.0. The van der Waals surface area contributed by atoms with Crippen LogP contribution in [0.2, 0.25) is 0 Å². The lowest BCUT2D eigenvalue weighted by atomic mass is 9.99. The number of hydrogen-bond acceptors (Lipinski definition) is 6. The van der Waals surface area contributed by atoms with E-state index < -0.39 is 29.3 Å². The number of nitrogens with zero attached hydrogens (tertiary/aromatic N) is 2. The third-order valence-electron chi connectivity index (χ3n) is 4.48. The summed E-state index contributed by atoms with van der Waals surface area (Å²) in [7, 11) is 0. The molecule has 1 N–H and O–H groups in total. The highest BCUT2D eigenvalue weighted by Crippen LogP contribution is 2.42. The number of Topliss-reactive ketones (excluding diaryl/α,β-unsaturated/α-hetero) is 1. The highest BCUT2D eigenvalue weighted by molar-refractivity contribution is 7.14. The van der Waals surface area contributed by atoms with Gasteiger partial charge in [0.2, 0.25) is 5.78 Å². The van der Waals surface area contributed by atoms with Crippen molar-refractivity contribution in [1.82, 2.24) is 4.98 Å². The average molecular weight is 398 g/mol. The van der Waals surface area contributed by atoms with Crippen molar-refractivity contribution in [2.24, 2.45) is 0 Å². The molecular formula is C20H15FN2O4S. The minimum absolute atomic E-state index is 0.0870. The second kappa shape index (κ2) is 6.72. The molecule has 4 rings (SSSR count). The summed E-state index contributed by atoms with van der Waals surface area (Å²) in [6.45, 7) is 3.47. The Morgan fingerprint density at radius 3 is 2.54 bits per heavy atom. The molecule has 142 valence electrons. The number of aromatic nitrogens is 1. The van der Waals surface area contributed by atoms with Gasteiger partial charge in [-0.15, -0.1) is 11.3 Å². The second-order valence-electron chi connectivity index (χ2n) is 6.31. The number of carbonyl (C=O) groups is 2. The number of ketones is 1. The van der Waals surface area contributed by atoms with Crippen LogP contribution in [0.3, 0.4) is 0 Å². The molecular weight excluding hydrogens is 383 g/mol. The van der Waals surface area contributed by atoms with Gasteiger partial charge in [-0.3, -0.25) is 14.5 Å². The van der Waals surface area contributed by atoms with Crippen molar-refractivity contribution >= 4 is 28.7 Å². The number of halogens is 1. The van der Waals surface area contributed by atoms with Crippen LogP contribution in [0.25, 0.3) is 0 Å². The summed E-state index contributed by atoms with van der Waals surface area (Å²) >= 11 is 1.19. The third kappa shape index (κ3) is 2.82. The third-order valence-corrected chi connectivity index (χ3v) is 5.55. The van der Waals surface area contributed by atoms with Gasteiger partial charge in [-0.1, -0.05) is 0 Å². The molecule has 1 aliphatic heterocycles. The van der Waals surface area contributed by atoms with Gasteiger partial charge < -0.3 is 9.52 Å². The van der Waals surface area contributed by atoms with Crippen LogP contribution in [-0.2, 0) is 4.79 Å². The molecule has 1 aromatic carbocycles. The Kier molecular flexibility index (Phi) is 4.35. The van der Waals surface area contributed by atoms with Gasteiger partial charge in [0.25, 0.3) is 5.91 Å². The normalized spacial score (nSPS) is 16.9. The fraction of sp³-hybridized carbons (Fsp3) is 0.150. The number of aryl methyl sites for hydroxylation is 2. The number of amides is 1. The maximum absolute atomic E-state index is 13.3. The molecule has 0 saturated heterocycles. The topological polar surface area (TPSA) is 83.6 Å². The highest BCUT2D eigenvalue weighted by Gasteiger charge is 2.46. The van der Waals surface area contributed by atoms with Crippen LogP contribution in [0.5, 0.6) is 0 Å². The van der Waals surface area contributed by atoms with E-state index in [0.29, 0.717) is 27.0 Å². The van der Waals surface area contributed by atoms with Gasteiger partial charge in [0, 0.05) is 5.69 Å². The summed E-state index contributed by atoms with van der Waals surface area (Å²) in [5.41, 5.74) is 0.772. The van der Waals surface area contributed by atoms with Gasteiger partial charge in [-0.2, -0.15) is 0 Å². The van der Waals surface area contributed by atoms with Crippen LogP contribution in [0.1, 0.15) is 32.2 Å². The average Bonchev–Trinajstić information content (AvgIpc) is 3.36. The predicted molar refractivity (Wildman–Crippen MR) is 101 cm³/mol. The molecule has 0 fully saturated rings. The van der Waals surface area contributed by atoms with Gasteiger partial charge in [0.15, 0.2) is 5.76 Å². The number of thiazole rings is 1. The number of anilines is 1. The number of benzene rings is 1. The Balaban J connectivity index is 1.86. The Morgan fingerprint density at radius 2 is 1.96 bits per heavy atom. The predicted octanol–water partition coefficient (Wildman–Crippen LogP) is 4.27. The number of aliphatic hydroxyl groups excluding tert-OH is 1. The maximum atomic E-state index is 13.3. The molecule has 28 heavy (non-hydrogen) atoms. The summed E-state index contributed by atoms with van der Waals surface area (Å²) in [5, 5.41) is 11.3. The summed E-state index contributed by atoms with van der Waals surface area (Å²) in [5.74, 6) is -2.05. The van der Waals surface area contributed by atoms with Gasteiger partial charge >= 0.3 is 0 Å².